The van der Waals surface area contributed by atoms with E-state index in [0.717, 1.165) is 11.8 Å². The van der Waals surface area contributed by atoms with Crippen molar-refractivity contribution >= 4 is 73.8 Å². The first-order valence-corrected chi connectivity index (χ1v) is 16.3. The van der Waals surface area contributed by atoms with Gasteiger partial charge in [-0.05, 0) is 94.5 Å². The van der Waals surface area contributed by atoms with Crippen molar-refractivity contribution in [1.29, 1.82) is 0 Å². The topological polar surface area (TPSA) is 0 Å². The van der Waals surface area contributed by atoms with Gasteiger partial charge >= 0.3 is 0 Å². The summed E-state index contributed by atoms with van der Waals surface area (Å²) in [5.74, 6) is 1.62. The molecule has 0 fully saturated rings. The zero-order valence-electron chi connectivity index (χ0n) is 23.4. The first kappa shape index (κ1) is 25.8. The summed E-state index contributed by atoms with van der Waals surface area (Å²) in [6.07, 6.45) is 10.3. The second-order valence-corrected chi connectivity index (χ2v) is 14.3. The lowest BCUT2D eigenvalue weighted by atomic mass is 9.99. The Balaban J connectivity index is 1.30. The van der Waals surface area contributed by atoms with Crippen molar-refractivity contribution in [2.45, 2.75) is 79.1 Å². The van der Waals surface area contributed by atoms with Gasteiger partial charge in [-0.1, -0.05) is 89.8 Å². The third-order valence-electron chi connectivity index (χ3n) is 8.12. The Labute approximate surface area is 235 Å². The number of hydrogen-bond acceptors (Lipinski definition) is 2. The van der Waals surface area contributed by atoms with Crippen molar-refractivity contribution in [2.75, 3.05) is 0 Å². The molecule has 0 amide bonds. The van der Waals surface area contributed by atoms with Gasteiger partial charge in [0.2, 0.25) is 0 Å². The van der Waals surface area contributed by atoms with Crippen molar-refractivity contribution in [2.24, 2.45) is 11.8 Å². The van der Waals surface area contributed by atoms with Crippen LogP contribution in [0.1, 0.15) is 77.3 Å². The lowest BCUT2D eigenvalue weighted by Crippen LogP contribution is -1.90. The quantitative estimate of drug-likeness (QED) is 0.153. The highest BCUT2D eigenvalue weighted by Gasteiger charge is 2.14. The van der Waals surface area contributed by atoms with E-state index >= 15 is 0 Å². The molecule has 2 heterocycles. The van der Waals surface area contributed by atoms with Crippen LogP contribution in [-0.4, -0.2) is 0 Å². The smallest absolute Gasteiger partial charge is 0.0542 e. The Kier molecular flexibility index (Phi) is 7.47. The maximum Gasteiger partial charge on any atom is 0.0542 e. The number of rotatable bonds is 10. The summed E-state index contributed by atoms with van der Waals surface area (Å²) in [6, 6.07) is 24.0. The molecule has 2 aromatic heterocycles. The van der Waals surface area contributed by atoms with Crippen LogP contribution in [-0.2, 0) is 12.8 Å². The van der Waals surface area contributed by atoms with Crippen molar-refractivity contribution in [1.82, 2.24) is 0 Å². The van der Waals surface area contributed by atoms with Crippen LogP contribution < -0.4 is 0 Å². The Morgan fingerprint density at radius 3 is 1.37 bits per heavy atom. The van der Waals surface area contributed by atoms with Crippen LogP contribution in [0.25, 0.3) is 51.1 Å². The molecule has 0 unspecified atom stereocenters. The van der Waals surface area contributed by atoms with Gasteiger partial charge in [-0.25, -0.2) is 0 Å². The second kappa shape index (κ2) is 11.0. The molecule has 0 radical (unpaired) electrons. The Morgan fingerprint density at radius 1 is 0.500 bits per heavy atom. The molecule has 6 rings (SSSR count). The molecule has 0 spiro atoms. The van der Waals surface area contributed by atoms with E-state index in [1.54, 1.807) is 0 Å². The van der Waals surface area contributed by atoms with Gasteiger partial charge in [-0.2, -0.15) is 0 Å². The van der Waals surface area contributed by atoms with E-state index in [1.165, 1.54) is 114 Å². The molecule has 0 aliphatic rings. The average molecular weight is 537 g/mol. The van der Waals surface area contributed by atoms with E-state index < -0.39 is 0 Å². The largest absolute Gasteiger partial charge is 0.134 e. The fourth-order valence-electron chi connectivity index (χ4n) is 5.92. The number of hydrogen-bond donors (Lipinski definition) is 0. The zero-order chi connectivity index (χ0) is 26.2. The van der Waals surface area contributed by atoms with Crippen molar-refractivity contribution < 1.29 is 0 Å². The predicted molar refractivity (Wildman–Crippen MR) is 175 cm³/mol. The summed E-state index contributed by atoms with van der Waals surface area (Å²) in [5.41, 5.74) is 2.96. The van der Waals surface area contributed by atoms with Gasteiger partial charge in [0.05, 0.1) is 9.40 Å². The molecule has 0 bridgehead atoms. The van der Waals surface area contributed by atoms with E-state index in [1.807, 2.05) is 22.7 Å². The van der Waals surface area contributed by atoms with E-state index in [9.17, 15) is 0 Å². The normalized spacial score (nSPS) is 12.5. The minimum atomic E-state index is 0.809. The summed E-state index contributed by atoms with van der Waals surface area (Å²) >= 11 is 3.96. The number of thiophene rings is 2. The third-order valence-corrected chi connectivity index (χ3v) is 10.6. The highest BCUT2D eigenvalue weighted by atomic mass is 32.1. The maximum absolute atomic E-state index is 2.44. The molecule has 0 atom stereocenters. The van der Waals surface area contributed by atoms with Gasteiger partial charge in [-0.15, -0.1) is 22.7 Å². The molecular formula is C36H40S2. The number of aryl methyl sites for hydroxylation is 2. The standard InChI is InChI=1S/C36H40S2/c1-23(2)9-5-7-11-25-13-15-27-19-31-33(21-29(27)17-25)37-36-32-20-28-16-14-26(12-8-6-10-24(3)4)18-30(28)22-34(32)38-35(31)36/h13-24H,5-12H2,1-4H3. The molecule has 2 heteroatoms. The molecule has 196 valence electrons. The van der Waals surface area contributed by atoms with Gasteiger partial charge in [0.1, 0.15) is 0 Å². The van der Waals surface area contributed by atoms with Gasteiger partial charge in [0.15, 0.2) is 0 Å². The first-order chi connectivity index (χ1) is 18.4. The van der Waals surface area contributed by atoms with E-state index in [2.05, 4.69) is 88.4 Å². The molecule has 0 aliphatic heterocycles. The number of unbranched alkanes of at least 4 members (excludes halogenated alkanes) is 2. The minimum absolute atomic E-state index is 0.809. The number of fused-ring (bicyclic) bond motifs is 7. The fourth-order valence-corrected chi connectivity index (χ4v) is 8.61. The van der Waals surface area contributed by atoms with Crippen LogP contribution in [0.15, 0.2) is 60.7 Å². The minimum Gasteiger partial charge on any atom is -0.134 e. The molecular weight excluding hydrogens is 497 g/mol. The van der Waals surface area contributed by atoms with Crippen molar-refractivity contribution in [3.8, 4) is 0 Å². The summed E-state index contributed by atoms with van der Waals surface area (Å²) in [7, 11) is 0. The zero-order valence-corrected chi connectivity index (χ0v) is 25.0. The van der Waals surface area contributed by atoms with Gasteiger partial charge in [-0.3, -0.25) is 0 Å². The van der Waals surface area contributed by atoms with Crippen molar-refractivity contribution in [3.63, 3.8) is 0 Å². The molecule has 0 N–H and O–H groups in total. The average Bonchev–Trinajstić information content (AvgIpc) is 3.41. The number of benzene rings is 4. The SMILES string of the molecule is CC(C)CCCCc1ccc2cc3c(cc2c1)sc1c2cc4ccc(CCCCC(C)C)cc4cc2sc31. The lowest BCUT2D eigenvalue weighted by Gasteiger charge is -2.06. The highest BCUT2D eigenvalue weighted by Crippen LogP contribution is 2.46. The monoisotopic (exact) mass is 536 g/mol. The molecule has 4 aromatic carbocycles. The highest BCUT2D eigenvalue weighted by molar-refractivity contribution is 7.36. The Bertz CT molecular complexity index is 1600. The van der Waals surface area contributed by atoms with Gasteiger partial charge < -0.3 is 0 Å². The molecule has 0 nitrogen and oxygen atoms in total. The van der Waals surface area contributed by atoms with Gasteiger partial charge in [0, 0.05) is 20.2 Å². The summed E-state index contributed by atoms with van der Waals surface area (Å²) in [6.45, 7) is 9.30. The van der Waals surface area contributed by atoms with Gasteiger partial charge in [0.25, 0.3) is 0 Å². The van der Waals surface area contributed by atoms with Crippen molar-refractivity contribution in [3.05, 3.63) is 71.8 Å². The van der Waals surface area contributed by atoms with Crippen LogP contribution in [0.3, 0.4) is 0 Å². The van der Waals surface area contributed by atoms with E-state index in [-0.39, 0.29) is 0 Å². The first-order valence-electron chi connectivity index (χ1n) is 14.7. The van der Waals surface area contributed by atoms with E-state index in [4.69, 9.17) is 0 Å². The van der Waals surface area contributed by atoms with Crippen LogP contribution in [0.2, 0.25) is 0 Å². The molecule has 38 heavy (non-hydrogen) atoms. The molecule has 0 aliphatic carbocycles. The third kappa shape index (κ3) is 5.36. The summed E-state index contributed by atoms with van der Waals surface area (Å²) < 4.78 is 5.77. The molecule has 6 aromatic rings. The predicted octanol–water partition coefficient (Wildman–Crippen LogP) is 12.3. The van der Waals surface area contributed by atoms with Crippen LogP contribution in [0, 0.1) is 11.8 Å². The summed E-state index contributed by atoms with van der Waals surface area (Å²) in [4.78, 5) is 0. The fraction of sp³-hybridized carbons (Fsp3) is 0.389. The van der Waals surface area contributed by atoms with Crippen LogP contribution in [0.4, 0.5) is 0 Å². The Morgan fingerprint density at radius 2 is 0.947 bits per heavy atom. The molecule has 0 saturated carbocycles. The second-order valence-electron chi connectivity index (χ2n) is 12.2. The van der Waals surface area contributed by atoms with Crippen LogP contribution >= 0.6 is 22.7 Å². The summed E-state index contributed by atoms with van der Waals surface area (Å²) in [5, 5.41) is 8.38. The van der Waals surface area contributed by atoms with Crippen LogP contribution in [0.5, 0.6) is 0 Å². The molecule has 0 saturated heterocycles. The maximum atomic E-state index is 2.44. The van der Waals surface area contributed by atoms with E-state index in [0.29, 0.717) is 0 Å². The Hall–Kier alpha value is -2.42. The lowest BCUT2D eigenvalue weighted by molar-refractivity contribution is 0.538.